The van der Waals surface area contributed by atoms with Crippen LogP contribution in [0.2, 0.25) is 0 Å². The van der Waals surface area contributed by atoms with Gasteiger partial charge in [0.25, 0.3) is 5.91 Å². The second-order valence-corrected chi connectivity index (χ2v) is 5.86. The van der Waals surface area contributed by atoms with Gasteiger partial charge in [0.05, 0.1) is 18.9 Å². The maximum absolute atomic E-state index is 13.8. The van der Waals surface area contributed by atoms with Crippen LogP contribution in [-0.4, -0.2) is 30.1 Å². The summed E-state index contributed by atoms with van der Waals surface area (Å²) >= 11 is 0. The first-order chi connectivity index (χ1) is 11.1. The van der Waals surface area contributed by atoms with Gasteiger partial charge in [-0.3, -0.25) is 4.79 Å². The van der Waals surface area contributed by atoms with Crippen molar-refractivity contribution in [3.8, 4) is 0 Å². The van der Waals surface area contributed by atoms with Crippen LogP contribution in [-0.2, 0) is 11.3 Å². The maximum Gasteiger partial charge on any atom is 0.254 e. The van der Waals surface area contributed by atoms with Crippen LogP contribution < -0.4 is 0 Å². The first-order valence-electron chi connectivity index (χ1n) is 7.83. The minimum atomic E-state index is -0.370. The fourth-order valence-corrected chi connectivity index (χ4v) is 2.75. The summed E-state index contributed by atoms with van der Waals surface area (Å²) in [6.07, 6.45) is 3.55. The van der Waals surface area contributed by atoms with Crippen LogP contribution in [0.4, 0.5) is 4.39 Å². The molecule has 4 nitrogen and oxygen atoms in total. The number of furan rings is 1. The molecule has 1 aliphatic rings. The minimum absolute atomic E-state index is 0.0317. The van der Waals surface area contributed by atoms with Gasteiger partial charge >= 0.3 is 0 Å². The molecule has 2 heterocycles. The first-order valence-corrected chi connectivity index (χ1v) is 7.83. The van der Waals surface area contributed by atoms with E-state index >= 15 is 0 Å². The van der Waals surface area contributed by atoms with Crippen LogP contribution in [0.25, 0.3) is 0 Å². The zero-order chi connectivity index (χ0) is 16.2. The summed E-state index contributed by atoms with van der Waals surface area (Å²) in [5.41, 5.74) is 0.871. The molecule has 0 radical (unpaired) electrons. The number of nitrogens with zero attached hydrogens (tertiary/aromatic N) is 1. The summed E-state index contributed by atoms with van der Waals surface area (Å²) in [6, 6.07) is 8.19. The van der Waals surface area contributed by atoms with Gasteiger partial charge in [-0.1, -0.05) is 6.07 Å². The molecule has 2 aromatic rings. The summed E-state index contributed by atoms with van der Waals surface area (Å²) in [4.78, 5) is 14.5. The number of rotatable bonds is 5. The molecule has 1 aromatic heterocycles. The fourth-order valence-electron chi connectivity index (χ4n) is 2.75. The summed E-state index contributed by atoms with van der Waals surface area (Å²) < 4.78 is 24.8. The number of carbonyl (C=O) groups excluding carboxylic acids is 1. The second kappa shape index (κ2) is 6.96. The lowest BCUT2D eigenvalue weighted by molar-refractivity contribution is 0.0491. The van der Waals surface area contributed by atoms with E-state index < -0.39 is 0 Å². The minimum Gasteiger partial charge on any atom is -0.467 e. The molecule has 0 bridgehead atoms. The Morgan fingerprint density at radius 1 is 1.39 bits per heavy atom. The molecular formula is C18H20FNO3. The number of ether oxygens (including phenoxy) is 1. The highest BCUT2D eigenvalue weighted by Crippen LogP contribution is 2.18. The van der Waals surface area contributed by atoms with Crippen molar-refractivity contribution >= 4 is 5.91 Å². The van der Waals surface area contributed by atoms with E-state index in [2.05, 4.69) is 0 Å². The van der Waals surface area contributed by atoms with Crippen LogP contribution in [0.1, 0.15) is 34.5 Å². The average molecular weight is 317 g/mol. The molecule has 3 rings (SSSR count). The highest BCUT2D eigenvalue weighted by molar-refractivity contribution is 5.94. The molecule has 23 heavy (non-hydrogen) atoms. The Kier molecular flexibility index (Phi) is 4.76. The van der Waals surface area contributed by atoms with E-state index in [0.717, 1.165) is 19.4 Å². The van der Waals surface area contributed by atoms with Crippen molar-refractivity contribution in [1.29, 1.82) is 0 Å². The highest BCUT2D eigenvalue weighted by Gasteiger charge is 2.24. The third-order valence-corrected chi connectivity index (χ3v) is 4.08. The van der Waals surface area contributed by atoms with Crippen LogP contribution in [0.15, 0.2) is 41.0 Å². The van der Waals surface area contributed by atoms with Gasteiger partial charge in [-0.2, -0.15) is 0 Å². The van der Waals surface area contributed by atoms with Crippen LogP contribution >= 0.6 is 0 Å². The molecule has 0 aliphatic carbocycles. The predicted molar refractivity (Wildman–Crippen MR) is 83.6 cm³/mol. The van der Waals surface area contributed by atoms with Gasteiger partial charge in [0.1, 0.15) is 11.6 Å². The quantitative estimate of drug-likeness (QED) is 0.847. The molecule has 0 N–H and O–H groups in total. The summed E-state index contributed by atoms with van der Waals surface area (Å²) in [5.74, 6) is 0.116. The molecule has 0 unspecified atom stereocenters. The van der Waals surface area contributed by atoms with Crippen molar-refractivity contribution in [2.75, 3.05) is 13.2 Å². The van der Waals surface area contributed by atoms with Crippen molar-refractivity contribution in [3.05, 3.63) is 59.3 Å². The van der Waals surface area contributed by atoms with Gasteiger partial charge in [-0.25, -0.2) is 4.39 Å². The average Bonchev–Trinajstić information content (AvgIpc) is 3.22. The van der Waals surface area contributed by atoms with E-state index in [1.165, 1.54) is 6.07 Å². The van der Waals surface area contributed by atoms with Crippen LogP contribution in [0.3, 0.4) is 0 Å². The Bertz CT molecular complexity index is 663. The summed E-state index contributed by atoms with van der Waals surface area (Å²) in [5, 5.41) is 0. The van der Waals surface area contributed by atoms with E-state index in [-0.39, 0.29) is 17.8 Å². The first kappa shape index (κ1) is 15.7. The number of aryl methyl sites for hydroxylation is 1. The topological polar surface area (TPSA) is 42.7 Å². The largest absolute Gasteiger partial charge is 0.467 e. The van der Waals surface area contributed by atoms with Gasteiger partial charge in [-0.05, 0) is 49.6 Å². The third-order valence-electron chi connectivity index (χ3n) is 4.08. The molecule has 1 saturated heterocycles. The van der Waals surface area contributed by atoms with E-state index in [4.69, 9.17) is 9.15 Å². The standard InChI is InChI=1S/C18H20FNO3/c1-13-6-7-14(10-17(13)19)18(21)20(11-15-4-2-8-22-15)12-16-5-3-9-23-16/h2,4,6-8,10,16H,3,5,9,11-12H2,1H3/t16-/m0/s1. The SMILES string of the molecule is Cc1ccc(C(=O)N(Cc2ccco2)C[C@@H]2CCCO2)cc1F. The lowest BCUT2D eigenvalue weighted by atomic mass is 10.1. The van der Waals surface area contributed by atoms with E-state index in [1.54, 1.807) is 36.3 Å². The van der Waals surface area contributed by atoms with Gasteiger partial charge < -0.3 is 14.1 Å². The van der Waals surface area contributed by atoms with E-state index in [1.807, 2.05) is 6.07 Å². The Morgan fingerprint density at radius 2 is 2.26 bits per heavy atom. The number of benzene rings is 1. The fraction of sp³-hybridized carbons (Fsp3) is 0.389. The van der Waals surface area contributed by atoms with Crippen molar-refractivity contribution in [2.45, 2.75) is 32.4 Å². The monoisotopic (exact) mass is 317 g/mol. The Morgan fingerprint density at radius 3 is 2.91 bits per heavy atom. The third kappa shape index (κ3) is 3.79. The molecule has 1 fully saturated rings. The van der Waals surface area contributed by atoms with Gasteiger partial charge in [0.15, 0.2) is 0 Å². The molecule has 1 atom stereocenters. The number of amides is 1. The van der Waals surface area contributed by atoms with Gasteiger partial charge in [0, 0.05) is 18.7 Å². The summed E-state index contributed by atoms with van der Waals surface area (Å²) in [6.45, 7) is 3.24. The predicted octanol–water partition coefficient (Wildman–Crippen LogP) is 3.55. The molecule has 1 amide bonds. The normalized spacial score (nSPS) is 17.4. The molecule has 0 saturated carbocycles. The molecule has 1 aromatic carbocycles. The van der Waals surface area contributed by atoms with Crippen LogP contribution in [0, 0.1) is 12.7 Å². The van der Waals surface area contributed by atoms with Crippen molar-refractivity contribution in [2.24, 2.45) is 0 Å². The second-order valence-electron chi connectivity index (χ2n) is 5.86. The number of carbonyl (C=O) groups is 1. The van der Waals surface area contributed by atoms with E-state index in [9.17, 15) is 9.18 Å². The van der Waals surface area contributed by atoms with Crippen molar-refractivity contribution < 1.29 is 18.3 Å². The number of hydrogen-bond donors (Lipinski definition) is 0. The molecule has 5 heteroatoms. The zero-order valence-electron chi connectivity index (χ0n) is 13.1. The van der Waals surface area contributed by atoms with Crippen LogP contribution in [0.5, 0.6) is 0 Å². The molecule has 122 valence electrons. The Balaban J connectivity index is 1.80. The Hall–Kier alpha value is -2.14. The molecule has 1 aliphatic heterocycles. The molecule has 0 spiro atoms. The zero-order valence-corrected chi connectivity index (χ0v) is 13.1. The lowest BCUT2D eigenvalue weighted by Gasteiger charge is -2.25. The molecular weight excluding hydrogens is 297 g/mol. The van der Waals surface area contributed by atoms with Crippen molar-refractivity contribution in [3.63, 3.8) is 0 Å². The highest BCUT2D eigenvalue weighted by atomic mass is 19.1. The Labute approximate surface area is 134 Å². The summed E-state index contributed by atoms with van der Waals surface area (Å²) in [7, 11) is 0. The smallest absolute Gasteiger partial charge is 0.254 e. The lowest BCUT2D eigenvalue weighted by Crippen LogP contribution is -2.36. The number of hydrogen-bond acceptors (Lipinski definition) is 3. The van der Waals surface area contributed by atoms with Gasteiger partial charge in [-0.15, -0.1) is 0 Å². The van der Waals surface area contributed by atoms with Crippen molar-refractivity contribution in [1.82, 2.24) is 4.90 Å². The number of halogens is 1. The maximum atomic E-state index is 13.8. The van der Waals surface area contributed by atoms with E-state index in [0.29, 0.717) is 30.0 Å². The van der Waals surface area contributed by atoms with Gasteiger partial charge in [0.2, 0.25) is 0 Å².